The van der Waals surface area contributed by atoms with Gasteiger partial charge in [0.05, 0.1) is 22.5 Å². The van der Waals surface area contributed by atoms with Crippen molar-refractivity contribution >= 4 is 44.2 Å². The average Bonchev–Trinajstić information content (AvgIpc) is 3.03. The molecule has 25 heavy (non-hydrogen) atoms. The summed E-state index contributed by atoms with van der Waals surface area (Å²) in [7, 11) is 0. The first-order valence-electron chi connectivity index (χ1n) is 7.86. The number of ether oxygens (including phenoxy) is 1. The highest BCUT2D eigenvalue weighted by Crippen LogP contribution is 2.28. The number of nitrogens with zero attached hydrogens (tertiary/aromatic N) is 2. The minimum Gasteiger partial charge on any atom is -0.449 e. The molecule has 128 valence electrons. The van der Waals surface area contributed by atoms with Gasteiger partial charge in [-0.2, -0.15) is 5.10 Å². The van der Waals surface area contributed by atoms with E-state index in [0.717, 1.165) is 26.6 Å². The molecule has 0 unspecified atom stereocenters. The summed E-state index contributed by atoms with van der Waals surface area (Å²) < 4.78 is 5.91. The highest BCUT2D eigenvalue weighted by atomic mass is 32.1. The van der Waals surface area contributed by atoms with Gasteiger partial charge in [-0.15, -0.1) is 0 Å². The number of anilines is 2. The van der Waals surface area contributed by atoms with Crippen LogP contribution >= 0.6 is 11.3 Å². The van der Waals surface area contributed by atoms with Crippen LogP contribution in [0.2, 0.25) is 0 Å². The molecular formula is C18H18N4O2S. The summed E-state index contributed by atoms with van der Waals surface area (Å²) in [6.45, 7) is 3.88. The summed E-state index contributed by atoms with van der Waals surface area (Å²) in [6, 6.07) is 15.8. The summed E-state index contributed by atoms with van der Waals surface area (Å²) in [6.07, 6.45) is -0.559. The molecule has 1 heterocycles. The van der Waals surface area contributed by atoms with Gasteiger partial charge in [0, 0.05) is 5.69 Å². The minimum absolute atomic E-state index is 0.312. The van der Waals surface area contributed by atoms with Gasteiger partial charge >= 0.3 is 6.09 Å². The maximum absolute atomic E-state index is 11.3. The zero-order valence-electron chi connectivity index (χ0n) is 13.9. The van der Waals surface area contributed by atoms with Gasteiger partial charge in [0.1, 0.15) is 0 Å². The van der Waals surface area contributed by atoms with E-state index in [1.807, 2.05) is 49.4 Å². The minimum atomic E-state index is -0.559. The zero-order chi connectivity index (χ0) is 17.6. The van der Waals surface area contributed by atoms with Crippen LogP contribution in [0.25, 0.3) is 10.2 Å². The Labute approximate surface area is 149 Å². The highest BCUT2D eigenvalue weighted by molar-refractivity contribution is 7.22. The molecule has 0 bridgehead atoms. The molecule has 6 nitrogen and oxygen atoms in total. The molecular weight excluding hydrogens is 336 g/mol. The Morgan fingerprint density at radius 2 is 1.96 bits per heavy atom. The quantitative estimate of drug-likeness (QED) is 0.522. The molecule has 0 saturated heterocycles. The van der Waals surface area contributed by atoms with E-state index in [2.05, 4.69) is 26.9 Å². The first kappa shape index (κ1) is 16.9. The van der Waals surface area contributed by atoms with Gasteiger partial charge in [0.25, 0.3) is 0 Å². The first-order chi connectivity index (χ1) is 12.2. The molecule has 0 atom stereocenters. The van der Waals surface area contributed by atoms with Crippen molar-refractivity contribution in [3.05, 3.63) is 54.1 Å². The van der Waals surface area contributed by atoms with Crippen LogP contribution in [0, 0.1) is 0 Å². The van der Waals surface area contributed by atoms with E-state index >= 15 is 0 Å². The Hall–Kier alpha value is -2.93. The maximum Gasteiger partial charge on any atom is 0.427 e. The van der Waals surface area contributed by atoms with Crippen LogP contribution in [-0.4, -0.2) is 23.4 Å². The molecule has 1 amide bonds. The standard InChI is InChI=1S/C18H18N4O2S/c1-3-24-18(23)22-21-12(2)13-8-10-14(11-9-13)19-17-20-15-6-4-5-7-16(15)25-17/h4-11H,3H2,1-2H3,(H,19,20)(H,22,23)/b21-12+. The monoisotopic (exact) mass is 354 g/mol. The molecule has 0 fully saturated rings. The number of benzene rings is 2. The molecule has 2 aromatic carbocycles. The van der Waals surface area contributed by atoms with Crippen LogP contribution in [0.15, 0.2) is 53.6 Å². The summed E-state index contributed by atoms with van der Waals surface area (Å²) >= 11 is 1.61. The second-order valence-corrected chi connectivity index (χ2v) is 6.25. The molecule has 0 aliphatic heterocycles. The van der Waals surface area contributed by atoms with Crippen molar-refractivity contribution in [1.82, 2.24) is 10.4 Å². The summed E-state index contributed by atoms with van der Waals surface area (Å²) in [5.41, 5.74) is 5.88. The van der Waals surface area contributed by atoms with E-state index in [4.69, 9.17) is 4.74 Å². The third-order valence-electron chi connectivity index (χ3n) is 3.44. The number of carbonyl (C=O) groups is 1. The Morgan fingerprint density at radius 3 is 2.68 bits per heavy atom. The number of hydrogen-bond donors (Lipinski definition) is 2. The molecule has 2 N–H and O–H groups in total. The van der Waals surface area contributed by atoms with Crippen molar-refractivity contribution in [1.29, 1.82) is 0 Å². The van der Waals surface area contributed by atoms with Crippen LogP contribution < -0.4 is 10.7 Å². The van der Waals surface area contributed by atoms with Gasteiger partial charge in [-0.1, -0.05) is 35.6 Å². The Bertz CT molecular complexity index is 870. The van der Waals surface area contributed by atoms with E-state index in [9.17, 15) is 4.79 Å². The van der Waals surface area contributed by atoms with Crippen LogP contribution in [-0.2, 0) is 4.74 Å². The Balaban J connectivity index is 1.67. The predicted octanol–water partition coefficient (Wildman–Crippen LogP) is 4.51. The molecule has 0 saturated carbocycles. The van der Waals surface area contributed by atoms with Gasteiger partial charge in [-0.05, 0) is 43.7 Å². The van der Waals surface area contributed by atoms with Crippen molar-refractivity contribution in [3.63, 3.8) is 0 Å². The number of rotatable bonds is 5. The van der Waals surface area contributed by atoms with Crippen molar-refractivity contribution in [3.8, 4) is 0 Å². The lowest BCUT2D eigenvalue weighted by Crippen LogP contribution is -2.20. The van der Waals surface area contributed by atoms with Crippen molar-refractivity contribution in [2.45, 2.75) is 13.8 Å². The normalized spacial score (nSPS) is 11.4. The number of hydrazone groups is 1. The van der Waals surface area contributed by atoms with E-state index in [-0.39, 0.29) is 0 Å². The largest absolute Gasteiger partial charge is 0.449 e. The molecule has 0 spiro atoms. The number of fused-ring (bicyclic) bond motifs is 1. The molecule has 0 aliphatic rings. The number of amides is 1. The third-order valence-corrected chi connectivity index (χ3v) is 4.39. The lowest BCUT2D eigenvalue weighted by atomic mass is 10.1. The summed E-state index contributed by atoms with van der Waals surface area (Å²) in [5, 5.41) is 8.17. The fourth-order valence-corrected chi connectivity index (χ4v) is 3.09. The molecule has 1 aromatic heterocycles. The predicted molar refractivity (Wildman–Crippen MR) is 102 cm³/mol. The second kappa shape index (κ2) is 7.76. The van der Waals surface area contributed by atoms with Crippen LogP contribution in [0.4, 0.5) is 15.6 Å². The van der Waals surface area contributed by atoms with Crippen LogP contribution in [0.3, 0.4) is 0 Å². The second-order valence-electron chi connectivity index (χ2n) is 5.22. The van der Waals surface area contributed by atoms with Gasteiger partial charge in [0.2, 0.25) is 0 Å². The smallest absolute Gasteiger partial charge is 0.427 e. The Morgan fingerprint density at radius 1 is 1.20 bits per heavy atom. The number of nitrogens with one attached hydrogen (secondary N) is 2. The van der Waals surface area contributed by atoms with Gasteiger partial charge in [-0.25, -0.2) is 15.2 Å². The molecule has 0 radical (unpaired) electrons. The van der Waals surface area contributed by atoms with E-state index in [1.165, 1.54) is 0 Å². The zero-order valence-corrected chi connectivity index (χ0v) is 14.8. The van der Waals surface area contributed by atoms with E-state index in [1.54, 1.807) is 18.3 Å². The van der Waals surface area contributed by atoms with Crippen molar-refractivity contribution in [2.75, 3.05) is 11.9 Å². The van der Waals surface area contributed by atoms with Gasteiger partial charge in [-0.3, -0.25) is 0 Å². The molecule has 7 heteroatoms. The van der Waals surface area contributed by atoms with Crippen LogP contribution in [0.5, 0.6) is 0 Å². The maximum atomic E-state index is 11.3. The molecule has 0 aliphatic carbocycles. The summed E-state index contributed by atoms with van der Waals surface area (Å²) in [5.74, 6) is 0. The van der Waals surface area contributed by atoms with E-state index in [0.29, 0.717) is 12.3 Å². The average molecular weight is 354 g/mol. The molecule has 3 rings (SSSR count). The third kappa shape index (κ3) is 4.33. The first-order valence-corrected chi connectivity index (χ1v) is 8.67. The number of hydrogen-bond acceptors (Lipinski definition) is 6. The molecule has 3 aromatic rings. The lowest BCUT2D eigenvalue weighted by Gasteiger charge is -2.05. The summed E-state index contributed by atoms with van der Waals surface area (Å²) in [4.78, 5) is 15.8. The number of para-hydroxylation sites is 1. The topological polar surface area (TPSA) is 75.6 Å². The van der Waals surface area contributed by atoms with Crippen LogP contribution in [0.1, 0.15) is 19.4 Å². The Kier molecular flexibility index (Phi) is 5.25. The van der Waals surface area contributed by atoms with Crippen molar-refractivity contribution < 1.29 is 9.53 Å². The number of aromatic nitrogens is 1. The van der Waals surface area contributed by atoms with Crippen molar-refractivity contribution in [2.24, 2.45) is 5.10 Å². The van der Waals surface area contributed by atoms with Gasteiger partial charge < -0.3 is 10.1 Å². The number of thiazole rings is 1. The SMILES string of the molecule is CCOC(=O)N/N=C(\C)c1ccc(Nc2nc3ccccc3s2)cc1. The van der Waals surface area contributed by atoms with E-state index < -0.39 is 6.09 Å². The fraction of sp³-hybridized carbons (Fsp3) is 0.167. The highest BCUT2D eigenvalue weighted by Gasteiger charge is 2.04. The number of carbonyl (C=O) groups excluding carboxylic acids is 1. The lowest BCUT2D eigenvalue weighted by molar-refractivity contribution is 0.152. The fourth-order valence-electron chi connectivity index (χ4n) is 2.20. The van der Waals surface area contributed by atoms with Gasteiger partial charge in [0.15, 0.2) is 5.13 Å².